The van der Waals surface area contributed by atoms with Gasteiger partial charge in [-0.2, -0.15) is 0 Å². The van der Waals surface area contributed by atoms with Crippen molar-refractivity contribution in [2.24, 2.45) is 0 Å². The fourth-order valence-electron chi connectivity index (χ4n) is 4.61. The van der Waals surface area contributed by atoms with Gasteiger partial charge in [-0.15, -0.1) is 0 Å². The second-order valence-corrected chi connectivity index (χ2v) is 8.80. The molecule has 6 nitrogen and oxygen atoms in total. The third-order valence-electron chi connectivity index (χ3n) is 6.69. The minimum absolute atomic E-state index is 0.0387. The number of Topliss-reactive ketones (excluding diaryl/α,β-unsaturated/α-hetero) is 1. The number of ketones is 1. The molecule has 1 aliphatic rings. The Hall–Kier alpha value is -4.06. The molecule has 1 amide bonds. The van der Waals surface area contributed by atoms with E-state index in [9.17, 15) is 14.7 Å². The average Bonchev–Trinajstić information content (AvgIpc) is 3.12. The van der Waals surface area contributed by atoms with Crippen LogP contribution in [0.3, 0.4) is 0 Å². The largest absolute Gasteiger partial charge is 0.507 e. The van der Waals surface area contributed by atoms with Crippen LogP contribution in [0.1, 0.15) is 39.4 Å². The average molecular weight is 472 g/mol. The van der Waals surface area contributed by atoms with Gasteiger partial charge in [-0.25, -0.2) is 0 Å². The molecule has 1 fully saturated rings. The van der Waals surface area contributed by atoms with Gasteiger partial charge in [0.05, 0.1) is 25.8 Å². The molecule has 4 rings (SSSR count). The van der Waals surface area contributed by atoms with Gasteiger partial charge in [-0.05, 0) is 85.8 Å². The number of anilines is 1. The molecule has 1 saturated heterocycles. The highest BCUT2D eigenvalue weighted by atomic mass is 16.5. The van der Waals surface area contributed by atoms with Crippen LogP contribution in [0.4, 0.5) is 5.69 Å². The van der Waals surface area contributed by atoms with E-state index in [0.717, 1.165) is 22.3 Å². The van der Waals surface area contributed by atoms with Crippen LogP contribution in [-0.4, -0.2) is 31.0 Å². The van der Waals surface area contributed by atoms with E-state index in [-0.39, 0.29) is 11.3 Å². The maximum Gasteiger partial charge on any atom is 0.300 e. The molecule has 35 heavy (non-hydrogen) atoms. The normalized spacial score (nSPS) is 17.1. The zero-order valence-corrected chi connectivity index (χ0v) is 20.8. The number of carbonyl (C=O) groups is 2. The van der Waals surface area contributed by atoms with Crippen LogP contribution in [0.15, 0.2) is 60.2 Å². The van der Waals surface area contributed by atoms with Gasteiger partial charge in [-0.1, -0.05) is 24.3 Å². The van der Waals surface area contributed by atoms with Crippen LogP contribution in [0.25, 0.3) is 5.76 Å². The van der Waals surface area contributed by atoms with E-state index in [2.05, 4.69) is 0 Å². The lowest BCUT2D eigenvalue weighted by atomic mass is 9.92. The van der Waals surface area contributed by atoms with Crippen LogP contribution in [0, 0.1) is 27.7 Å². The van der Waals surface area contributed by atoms with E-state index in [1.807, 2.05) is 58.0 Å². The summed E-state index contributed by atoms with van der Waals surface area (Å²) in [5.41, 5.74) is 5.23. The maximum absolute atomic E-state index is 13.5. The van der Waals surface area contributed by atoms with Crippen molar-refractivity contribution in [2.75, 3.05) is 19.1 Å². The summed E-state index contributed by atoms with van der Waals surface area (Å²) in [6.45, 7) is 7.57. The van der Waals surface area contributed by atoms with Crippen LogP contribution in [-0.2, 0) is 9.59 Å². The second kappa shape index (κ2) is 9.29. The lowest BCUT2D eigenvalue weighted by Crippen LogP contribution is -2.30. The number of aliphatic hydroxyl groups excluding tert-OH is 1. The summed E-state index contributed by atoms with van der Waals surface area (Å²) in [5.74, 6) is -0.364. The standard InChI is InChI=1S/C29H29NO5/c1-16-9-7-12-23(19(16)4)30-26(20-10-8-11-21(15-20)34-5)25(28(32)29(30)33)27(31)22-13-18(3)24(35-6)14-17(22)2/h7-15,26,31H,1-6H3/b27-25+. The Bertz CT molecular complexity index is 1370. The Morgan fingerprint density at radius 1 is 0.857 bits per heavy atom. The summed E-state index contributed by atoms with van der Waals surface area (Å²) >= 11 is 0. The highest BCUT2D eigenvalue weighted by molar-refractivity contribution is 6.51. The number of ether oxygens (including phenoxy) is 2. The molecule has 0 saturated carbocycles. The molecule has 6 heteroatoms. The van der Waals surface area contributed by atoms with Crippen molar-refractivity contribution in [1.82, 2.24) is 0 Å². The SMILES string of the molecule is COc1cccc(C2/C(=C(\O)c3cc(C)c(OC)cc3C)C(=O)C(=O)N2c2cccc(C)c2C)c1. The van der Waals surface area contributed by atoms with Crippen molar-refractivity contribution < 1.29 is 24.2 Å². The minimum atomic E-state index is -0.826. The molecule has 180 valence electrons. The first-order valence-electron chi connectivity index (χ1n) is 11.4. The molecule has 0 aromatic heterocycles. The molecule has 0 radical (unpaired) electrons. The van der Waals surface area contributed by atoms with Gasteiger partial charge in [0.25, 0.3) is 11.7 Å². The molecule has 0 bridgehead atoms. The highest BCUT2D eigenvalue weighted by Gasteiger charge is 2.47. The summed E-state index contributed by atoms with van der Waals surface area (Å²) in [6.07, 6.45) is 0. The predicted molar refractivity (Wildman–Crippen MR) is 136 cm³/mol. The van der Waals surface area contributed by atoms with E-state index in [4.69, 9.17) is 9.47 Å². The number of amides is 1. The number of rotatable bonds is 5. The number of nitrogens with zero attached hydrogens (tertiary/aromatic N) is 1. The van der Waals surface area contributed by atoms with Crippen molar-refractivity contribution in [3.63, 3.8) is 0 Å². The van der Waals surface area contributed by atoms with Crippen molar-refractivity contribution in [1.29, 1.82) is 0 Å². The van der Waals surface area contributed by atoms with Crippen molar-refractivity contribution in [2.45, 2.75) is 33.7 Å². The second-order valence-electron chi connectivity index (χ2n) is 8.80. The third kappa shape index (κ3) is 4.05. The molecule has 0 spiro atoms. The Morgan fingerprint density at radius 2 is 1.57 bits per heavy atom. The van der Waals surface area contributed by atoms with Crippen molar-refractivity contribution in [3.8, 4) is 11.5 Å². The zero-order chi connectivity index (χ0) is 25.4. The Kier molecular flexibility index (Phi) is 6.39. The number of hydrogen-bond donors (Lipinski definition) is 1. The number of carbonyl (C=O) groups excluding carboxylic acids is 2. The molecule has 3 aromatic rings. The van der Waals surface area contributed by atoms with Crippen LogP contribution in [0.2, 0.25) is 0 Å². The van der Waals surface area contributed by atoms with Gasteiger partial charge < -0.3 is 14.6 Å². The van der Waals surface area contributed by atoms with Crippen molar-refractivity contribution >= 4 is 23.1 Å². The van der Waals surface area contributed by atoms with E-state index in [1.54, 1.807) is 38.5 Å². The lowest BCUT2D eigenvalue weighted by Gasteiger charge is -2.27. The van der Waals surface area contributed by atoms with Crippen LogP contribution in [0.5, 0.6) is 11.5 Å². The Balaban J connectivity index is 2.02. The van der Waals surface area contributed by atoms with Gasteiger partial charge in [-0.3, -0.25) is 14.5 Å². The number of aryl methyl sites for hydroxylation is 3. The van der Waals surface area contributed by atoms with E-state index in [1.165, 1.54) is 4.90 Å². The third-order valence-corrected chi connectivity index (χ3v) is 6.69. The number of aliphatic hydroxyl groups is 1. The van der Waals surface area contributed by atoms with E-state index < -0.39 is 17.7 Å². The van der Waals surface area contributed by atoms with Gasteiger partial charge >= 0.3 is 0 Å². The van der Waals surface area contributed by atoms with Gasteiger partial charge in [0, 0.05) is 11.3 Å². The molecule has 1 N–H and O–H groups in total. The quantitative estimate of drug-likeness (QED) is 0.299. The first kappa shape index (κ1) is 24.1. The smallest absolute Gasteiger partial charge is 0.300 e. The topological polar surface area (TPSA) is 76.1 Å². The van der Waals surface area contributed by atoms with Gasteiger partial charge in [0.2, 0.25) is 0 Å². The van der Waals surface area contributed by atoms with Gasteiger partial charge in [0.1, 0.15) is 17.3 Å². The van der Waals surface area contributed by atoms with Crippen LogP contribution < -0.4 is 14.4 Å². The van der Waals surface area contributed by atoms with Crippen molar-refractivity contribution in [3.05, 3.63) is 93.6 Å². The lowest BCUT2D eigenvalue weighted by molar-refractivity contribution is -0.132. The molecule has 1 aliphatic heterocycles. The van der Waals surface area contributed by atoms with Crippen LogP contribution >= 0.6 is 0 Å². The van der Waals surface area contributed by atoms with E-state index in [0.29, 0.717) is 28.3 Å². The maximum atomic E-state index is 13.5. The molecule has 1 atom stereocenters. The minimum Gasteiger partial charge on any atom is -0.507 e. The monoisotopic (exact) mass is 471 g/mol. The zero-order valence-electron chi connectivity index (χ0n) is 20.8. The number of hydrogen-bond acceptors (Lipinski definition) is 5. The molecule has 0 aliphatic carbocycles. The fraction of sp³-hybridized carbons (Fsp3) is 0.241. The molecule has 3 aromatic carbocycles. The van der Waals surface area contributed by atoms with E-state index >= 15 is 0 Å². The Morgan fingerprint density at radius 3 is 2.26 bits per heavy atom. The summed E-state index contributed by atoms with van der Waals surface area (Å²) in [5, 5.41) is 11.5. The number of methoxy groups -OCH3 is 2. The number of benzene rings is 3. The first-order chi connectivity index (χ1) is 16.7. The molecule has 1 unspecified atom stereocenters. The first-order valence-corrected chi connectivity index (χ1v) is 11.4. The summed E-state index contributed by atoms with van der Waals surface area (Å²) < 4.78 is 10.8. The highest BCUT2D eigenvalue weighted by Crippen LogP contribution is 2.44. The van der Waals surface area contributed by atoms with Gasteiger partial charge in [0.15, 0.2) is 0 Å². The fourth-order valence-corrected chi connectivity index (χ4v) is 4.61. The summed E-state index contributed by atoms with van der Waals surface area (Å²) in [4.78, 5) is 28.5. The molecule has 1 heterocycles. The summed E-state index contributed by atoms with van der Waals surface area (Å²) in [7, 11) is 3.14. The summed E-state index contributed by atoms with van der Waals surface area (Å²) in [6, 6.07) is 15.6. The molecular formula is C29H29NO5. The predicted octanol–water partition coefficient (Wildman–Crippen LogP) is 5.56. The molecular weight excluding hydrogens is 442 g/mol. The Labute approximate surface area is 205 Å².